The average Bonchev–Trinajstić information content (AvgIpc) is 3.21. The van der Waals surface area contributed by atoms with Crippen molar-refractivity contribution in [3.63, 3.8) is 0 Å². The van der Waals surface area contributed by atoms with Crippen LogP contribution < -0.4 is 10.9 Å². The first-order valence-corrected chi connectivity index (χ1v) is 14.0. The summed E-state index contributed by atoms with van der Waals surface area (Å²) in [6.45, 7) is 6.29. The number of fused-ring (bicyclic) bond motifs is 1. The summed E-state index contributed by atoms with van der Waals surface area (Å²) in [6.07, 6.45) is 3.61. The highest BCUT2D eigenvalue weighted by atomic mass is 19.1. The molecule has 1 aromatic carbocycles. The molecule has 12 heteroatoms. The Morgan fingerprint density at radius 3 is 2.47 bits per heavy atom. The lowest BCUT2D eigenvalue weighted by Gasteiger charge is -2.19. The van der Waals surface area contributed by atoms with Gasteiger partial charge in [0.15, 0.2) is 6.10 Å². The highest BCUT2D eigenvalue weighted by molar-refractivity contribution is 5.95. The monoisotopic (exact) mass is 596 g/mol. The number of benzene rings is 1. The van der Waals surface area contributed by atoms with Crippen LogP contribution in [-0.2, 0) is 34.3 Å². The van der Waals surface area contributed by atoms with Crippen LogP contribution in [0.3, 0.4) is 0 Å². The third kappa shape index (κ3) is 8.76. The van der Waals surface area contributed by atoms with Gasteiger partial charge in [0.25, 0.3) is 11.5 Å². The summed E-state index contributed by atoms with van der Waals surface area (Å²) in [5.74, 6) is -0.708. The predicted molar refractivity (Wildman–Crippen MR) is 163 cm³/mol. The molecule has 1 unspecified atom stereocenters. The van der Waals surface area contributed by atoms with Crippen LogP contribution in [0.2, 0.25) is 0 Å². The Balaban J connectivity index is 1.85. The number of aryl methyl sites for hydroxylation is 1. The van der Waals surface area contributed by atoms with Crippen LogP contribution in [0.5, 0.6) is 0 Å². The van der Waals surface area contributed by atoms with E-state index in [9.17, 15) is 23.6 Å². The first-order valence-electron chi connectivity index (χ1n) is 14.0. The molecule has 0 aliphatic heterocycles. The van der Waals surface area contributed by atoms with E-state index in [1.165, 1.54) is 52.7 Å². The molecule has 2 aromatic heterocycles. The van der Waals surface area contributed by atoms with E-state index in [0.29, 0.717) is 23.3 Å². The average molecular weight is 597 g/mol. The maximum atomic E-state index is 14.5. The second-order valence-electron chi connectivity index (χ2n) is 12.1. The van der Waals surface area contributed by atoms with Crippen LogP contribution in [0.4, 0.5) is 14.9 Å². The van der Waals surface area contributed by atoms with Crippen LogP contribution in [0, 0.1) is 11.2 Å². The van der Waals surface area contributed by atoms with E-state index in [1.54, 1.807) is 44.0 Å². The van der Waals surface area contributed by atoms with Crippen molar-refractivity contribution in [1.29, 1.82) is 0 Å². The number of nitrogens with zero attached hydrogens (tertiary/aromatic N) is 5. The maximum Gasteiger partial charge on any atom is 0.410 e. The van der Waals surface area contributed by atoms with E-state index in [2.05, 4.69) is 26.1 Å². The fraction of sp³-hybridized carbons (Fsp3) is 0.452. The van der Waals surface area contributed by atoms with Crippen molar-refractivity contribution in [2.24, 2.45) is 12.5 Å². The number of ether oxygens (including phenoxy) is 1. The lowest BCUT2D eigenvalue weighted by molar-refractivity contribution is -0.125. The van der Waals surface area contributed by atoms with Crippen molar-refractivity contribution >= 4 is 34.6 Å². The molecule has 0 radical (unpaired) electrons. The van der Waals surface area contributed by atoms with Crippen molar-refractivity contribution < 1.29 is 23.5 Å². The zero-order chi connectivity index (χ0) is 32.1. The minimum Gasteiger partial charge on any atom is -0.436 e. The van der Waals surface area contributed by atoms with Gasteiger partial charge in [-0.3, -0.25) is 14.4 Å². The summed E-state index contributed by atoms with van der Waals surface area (Å²) >= 11 is 0. The lowest BCUT2D eigenvalue weighted by atomic mass is 9.87. The number of amides is 3. The summed E-state index contributed by atoms with van der Waals surface area (Å²) in [6, 6.07) is 6.00. The number of aromatic nitrogens is 3. The normalized spacial score (nSPS) is 12.4. The molecule has 3 amide bonds. The Morgan fingerprint density at radius 2 is 1.84 bits per heavy atom. The number of hydrogen-bond donors (Lipinski definition) is 1. The molecule has 11 nitrogen and oxygen atoms in total. The van der Waals surface area contributed by atoms with Gasteiger partial charge in [-0.05, 0) is 60.6 Å². The molecule has 0 fully saturated rings. The van der Waals surface area contributed by atoms with Gasteiger partial charge in [-0.25, -0.2) is 14.2 Å². The van der Waals surface area contributed by atoms with Gasteiger partial charge in [-0.15, -0.1) is 0 Å². The quantitative estimate of drug-likeness (QED) is 0.354. The summed E-state index contributed by atoms with van der Waals surface area (Å²) in [4.78, 5) is 57.9. The lowest BCUT2D eigenvalue weighted by Crippen LogP contribution is -2.37. The van der Waals surface area contributed by atoms with Gasteiger partial charge in [0.05, 0.1) is 17.6 Å². The minimum absolute atomic E-state index is 0.00467. The molecule has 232 valence electrons. The van der Waals surface area contributed by atoms with Gasteiger partial charge >= 0.3 is 6.09 Å². The maximum absolute atomic E-state index is 14.5. The highest BCUT2D eigenvalue weighted by Crippen LogP contribution is 2.28. The van der Waals surface area contributed by atoms with Crippen molar-refractivity contribution in [2.45, 2.75) is 52.7 Å². The van der Waals surface area contributed by atoms with Crippen molar-refractivity contribution in [3.8, 4) is 0 Å². The minimum atomic E-state index is -1.21. The molecule has 0 spiro atoms. The van der Waals surface area contributed by atoms with E-state index >= 15 is 0 Å². The third-order valence-corrected chi connectivity index (χ3v) is 6.63. The van der Waals surface area contributed by atoms with Crippen molar-refractivity contribution in [1.82, 2.24) is 23.9 Å². The summed E-state index contributed by atoms with van der Waals surface area (Å²) in [7, 11) is 7.99. The van der Waals surface area contributed by atoms with Crippen LogP contribution in [-0.4, -0.2) is 76.1 Å². The molecule has 0 saturated carbocycles. The molecule has 43 heavy (non-hydrogen) atoms. The standard InChI is InChI=1S/C31H41FN6O5/c1-31(2,3)18-20-16-21(32)17-23-27(20)34-25(37(23)8)19-38-15-11-12-22(29(38)41)33-28(40)24(43-30(42)36(6)7)13-9-10-14-26(39)35(4)5/h10-12,14-17,24H,9,13,18-19H2,1-8H3,(H,33,40)/b14-10+. The number of pyridine rings is 1. The fourth-order valence-electron chi connectivity index (χ4n) is 4.39. The van der Waals surface area contributed by atoms with E-state index in [4.69, 9.17) is 9.72 Å². The number of carbonyl (C=O) groups is 3. The number of imidazole rings is 1. The van der Waals surface area contributed by atoms with Crippen molar-refractivity contribution in [3.05, 3.63) is 70.2 Å². The molecule has 0 aliphatic rings. The first kappa shape index (κ1) is 33.0. The first-order chi connectivity index (χ1) is 20.1. The molecule has 0 bridgehead atoms. The SMILES string of the molecule is CN(C)C(=O)/C=C/CCC(OC(=O)N(C)C)C(=O)Nc1cccn(Cc2nc3c(CC(C)(C)C)cc(F)cc3n2C)c1=O. The Bertz CT molecular complexity index is 1580. The Labute approximate surface area is 250 Å². The Hall–Kier alpha value is -4.48. The molecule has 0 saturated heterocycles. The van der Waals surface area contributed by atoms with E-state index in [1.807, 2.05) is 0 Å². The number of nitrogens with one attached hydrogen (secondary N) is 1. The molecule has 0 aliphatic carbocycles. The van der Waals surface area contributed by atoms with Crippen LogP contribution in [0.1, 0.15) is 45.0 Å². The number of likely N-dealkylation sites (N-methyl/N-ethyl adjacent to an activating group) is 1. The summed E-state index contributed by atoms with van der Waals surface area (Å²) < 4.78 is 23.0. The van der Waals surface area contributed by atoms with E-state index in [-0.39, 0.29) is 42.2 Å². The molecular weight excluding hydrogens is 555 g/mol. The van der Waals surface area contributed by atoms with Gasteiger partial charge in [0.1, 0.15) is 17.3 Å². The van der Waals surface area contributed by atoms with Crippen LogP contribution in [0.15, 0.2) is 47.4 Å². The number of rotatable bonds is 10. The molecular formula is C31H41FN6O5. The number of carbonyl (C=O) groups excluding carboxylic acids is 3. The van der Waals surface area contributed by atoms with Crippen LogP contribution >= 0.6 is 0 Å². The molecule has 3 rings (SSSR count). The number of anilines is 1. The predicted octanol–water partition coefficient (Wildman–Crippen LogP) is 3.94. The molecule has 1 atom stereocenters. The van der Waals surface area contributed by atoms with E-state index < -0.39 is 23.7 Å². The Morgan fingerprint density at radius 1 is 1.14 bits per heavy atom. The van der Waals surface area contributed by atoms with Gasteiger partial charge in [0.2, 0.25) is 5.91 Å². The third-order valence-electron chi connectivity index (χ3n) is 6.63. The van der Waals surface area contributed by atoms with Gasteiger partial charge in [-0.2, -0.15) is 0 Å². The number of allylic oxidation sites excluding steroid dienone is 1. The number of hydrogen-bond acceptors (Lipinski definition) is 6. The molecule has 2 heterocycles. The number of halogens is 1. The smallest absolute Gasteiger partial charge is 0.410 e. The van der Waals surface area contributed by atoms with Crippen molar-refractivity contribution in [2.75, 3.05) is 33.5 Å². The zero-order valence-corrected chi connectivity index (χ0v) is 26.1. The van der Waals surface area contributed by atoms with E-state index in [0.717, 1.165) is 5.56 Å². The zero-order valence-electron chi connectivity index (χ0n) is 26.1. The summed E-state index contributed by atoms with van der Waals surface area (Å²) in [5, 5.41) is 2.59. The highest BCUT2D eigenvalue weighted by Gasteiger charge is 2.25. The fourth-order valence-corrected chi connectivity index (χ4v) is 4.39. The molecule has 3 aromatic rings. The van der Waals surface area contributed by atoms with Gasteiger partial charge in [-0.1, -0.05) is 26.8 Å². The topological polar surface area (TPSA) is 119 Å². The van der Waals surface area contributed by atoms with Gasteiger partial charge < -0.3 is 29.0 Å². The second kappa shape index (κ2) is 13.7. The Kier molecular flexibility index (Phi) is 10.5. The molecule has 1 N–H and O–H groups in total. The van der Waals surface area contributed by atoms with Crippen LogP contribution in [0.25, 0.3) is 11.0 Å². The largest absolute Gasteiger partial charge is 0.436 e. The second-order valence-corrected chi connectivity index (χ2v) is 12.1. The van der Waals surface area contributed by atoms with Gasteiger partial charge in [0, 0.05) is 41.4 Å². The summed E-state index contributed by atoms with van der Waals surface area (Å²) in [5.41, 5.74) is 1.52.